The fourth-order valence-electron chi connectivity index (χ4n) is 3.11. The van der Waals surface area contributed by atoms with Crippen molar-refractivity contribution < 1.29 is 39.6 Å². The van der Waals surface area contributed by atoms with Crippen molar-refractivity contribution in [3.05, 3.63) is 70.8 Å². The van der Waals surface area contributed by atoms with E-state index >= 15 is 0 Å². The summed E-state index contributed by atoms with van der Waals surface area (Å²) in [6.45, 7) is 3.25. The first kappa shape index (κ1) is 28.0. The van der Waals surface area contributed by atoms with E-state index in [4.69, 9.17) is 44.6 Å². The molecule has 1 heterocycles. The molecule has 1 atom stereocenters. The van der Waals surface area contributed by atoms with E-state index < -0.39 is 23.9 Å². The molecule has 3 rings (SSSR count). The van der Waals surface area contributed by atoms with Crippen LogP contribution in [0.1, 0.15) is 28.7 Å². The van der Waals surface area contributed by atoms with Gasteiger partial charge in [0.25, 0.3) is 0 Å². The second-order valence-electron chi connectivity index (χ2n) is 7.62. The van der Waals surface area contributed by atoms with E-state index in [0.29, 0.717) is 6.04 Å². The number of rotatable bonds is 4. The summed E-state index contributed by atoms with van der Waals surface area (Å²) >= 11 is 0. The molecule has 0 aliphatic carbocycles. The second kappa shape index (κ2) is 13.5. The monoisotopic (exact) mass is 472 g/mol. The molecule has 0 saturated heterocycles. The first-order valence-corrected chi connectivity index (χ1v) is 10.2. The van der Waals surface area contributed by atoms with Gasteiger partial charge in [0.2, 0.25) is 0 Å². The normalized spacial score (nSPS) is 13.8. The summed E-state index contributed by atoms with van der Waals surface area (Å²) in [5, 5.41) is 29.6. The summed E-state index contributed by atoms with van der Waals surface area (Å²) in [5.74, 6) is -7.30. The van der Waals surface area contributed by atoms with Gasteiger partial charge in [-0.25, -0.2) is 19.2 Å². The van der Waals surface area contributed by atoms with Crippen molar-refractivity contribution in [2.75, 3.05) is 20.6 Å². The first-order valence-electron chi connectivity index (χ1n) is 10.2. The number of hydrogen-bond donors (Lipinski definition) is 4. The molecule has 1 aliphatic heterocycles. The zero-order valence-corrected chi connectivity index (χ0v) is 19.1. The minimum Gasteiger partial charge on any atom is -0.473 e. The van der Waals surface area contributed by atoms with Gasteiger partial charge in [-0.15, -0.1) is 0 Å². The van der Waals surface area contributed by atoms with Gasteiger partial charge in [0.1, 0.15) is 0 Å². The molecule has 2 aromatic rings. The van der Waals surface area contributed by atoms with Gasteiger partial charge < -0.3 is 25.3 Å². The first-order chi connectivity index (χ1) is 15.9. The molecule has 10 nitrogen and oxygen atoms in total. The number of carbonyl (C=O) groups is 4. The van der Waals surface area contributed by atoms with Crippen molar-refractivity contribution in [1.29, 1.82) is 0 Å². The topological polar surface area (TPSA) is 165 Å². The number of fused-ring (bicyclic) bond motifs is 1. The van der Waals surface area contributed by atoms with Crippen molar-refractivity contribution in [1.82, 2.24) is 4.90 Å². The minimum absolute atomic E-state index is 0.381. The maximum Gasteiger partial charge on any atom is 0.414 e. The highest BCUT2D eigenvalue weighted by molar-refractivity contribution is 6.27. The lowest BCUT2D eigenvalue weighted by molar-refractivity contribution is -0.159. The number of aryl methyl sites for hydroxylation is 1. The lowest BCUT2D eigenvalue weighted by atomic mass is 9.88. The average Bonchev–Trinajstić information content (AvgIpc) is 2.78. The Morgan fingerprint density at radius 1 is 0.824 bits per heavy atom. The van der Waals surface area contributed by atoms with Crippen LogP contribution < -0.4 is 0 Å². The Labute approximate surface area is 196 Å². The molecule has 10 heteroatoms. The molecular weight excluding hydrogens is 444 g/mol. The van der Waals surface area contributed by atoms with Crippen molar-refractivity contribution in [3.63, 3.8) is 0 Å². The third-order valence-electron chi connectivity index (χ3n) is 4.72. The number of hydrogen-bond acceptors (Lipinski definition) is 6. The third kappa shape index (κ3) is 9.21. The standard InChI is InChI=1S/C20H24N2.2C2H2O4/c1-15-8-4-6-10-18(15)20-19-11-7-5-9-16(19)14-17(21-20)12-13-22(2)3;2*3-1(4)2(5)6/h4-11,17H,12-14H2,1-3H3;2*(H,3,4)(H,5,6). The maximum absolute atomic E-state index is 9.10. The van der Waals surface area contributed by atoms with E-state index in [-0.39, 0.29) is 0 Å². The number of carboxylic acid groups (broad SMARTS) is 4. The van der Waals surface area contributed by atoms with Crippen LogP contribution in [-0.4, -0.2) is 81.6 Å². The molecule has 1 aliphatic rings. The number of nitrogens with zero attached hydrogens (tertiary/aromatic N) is 2. The molecule has 34 heavy (non-hydrogen) atoms. The highest BCUT2D eigenvalue weighted by Crippen LogP contribution is 2.26. The van der Waals surface area contributed by atoms with E-state index in [1.54, 1.807) is 0 Å². The van der Waals surface area contributed by atoms with Crippen molar-refractivity contribution in [2.24, 2.45) is 4.99 Å². The van der Waals surface area contributed by atoms with Crippen molar-refractivity contribution in [2.45, 2.75) is 25.8 Å². The molecule has 0 radical (unpaired) electrons. The molecule has 0 saturated carbocycles. The molecule has 0 spiro atoms. The number of benzene rings is 2. The van der Waals surface area contributed by atoms with Gasteiger partial charge in [-0.1, -0.05) is 48.5 Å². The summed E-state index contributed by atoms with van der Waals surface area (Å²) in [5.41, 5.74) is 6.47. The van der Waals surface area contributed by atoms with E-state index in [9.17, 15) is 0 Å². The maximum atomic E-state index is 9.10. The van der Waals surface area contributed by atoms with Gasteiger partial charge >= 0.3 is 23.9 Å². The Kier molecular flexibility index (Phi) is 11.1. The zero-order valence-electron chi connectivity index (χ0n) is 19.1. The number of aliphatic imine (C=N–C) groups is 1. The van der Waals surface area contributed by atoms with Crippen LogP contribution in [0.4, 0.5) is 0 Å². The SMILES string of the molecule is Cc1ccccc1C1=NC(CCN(C)C)Cc2ccccc21.O=C(O)C(=O)O.O=C(O)C(=O)O. The molecule has 0 fully saturated rings. The van der Waals surface area contributed by atoms with E-state index in [0.717, 1.165) is 19.4 Å². The van der Waals surface area contributed by atoms with Gasteiger partial charge in [-0.2, -0.15) is 0 Å². The Morgan fingerprint density at radius 2 is 1.29 bits per heavy atom. The summed E-state index contributed by atoms with van der Waals surface area (Å²) in [6.07, 6.45) is 2.16. The Hall–Kier alpha value is -4.05. The quantitative estimate of drug-likeness (QED) is 0.487. The molecule has 182 valence electrons. The summed E-state index contributed by atoms with van der Waals surface area (Å²) in [7, 11) is 4.26. The summed E-state index contributed by atoms with van der Waals surface area (Å²) in [4.78, 5) is 43.8. The van der Waals surface area contributed by atoms with E-state index in [1.807, 2.05) is 0 Å². The van der Waals surface area contributed by atoms with Gasteiger partial charge in [0.05, 0.1) is 11.8 Å². The molecule has 0 amide bonds. The average molecular weight is 472 g/mol. The Morgan fingerprint density at radius 3 is 1.76 bits per heavy atom. The van der Waals surface area contributed by atoms with E-state index in [2.05, 4.69) is 74.4 Å². The fraction of sp³-hybridized carbons (Fsp3) is 0.292. The predicted octanol–water partition coefficient (Wildman–Crippen LogP) is 2.02. The lowest BCUT2D eigenvalue weighted by Gasteiger charge is -2.25. The van der Waals surface area contributed by atoms with Crippen LogP contribution in [0.3, 0.4) is 0 Å². The van der Waals surface area contributed by atoms with Crippen LogP contribution in [0.25, 0.3) is 0 Å². The van der Waals surface area contributed by atoms with Gasteiger partial charge in [0.15, 0.2) is 0 Å². The molecule has 0 bridgehead atoms. The molecule has 4 N–H and O–H groups in total. The van der Waals surface area contributed by atoms with E-state index in [1.165, 1.54) is 28.0 Å². The smallest absolute Gasteiger partial charge is 0.414 e. The molecular formula is C24H28N2O8. The van der Waals surface area contributed by atoms with Gasteiger partial charge in [-0.05, 0) is 51.5 Å². The van der Waals surface area contributed by atoms with Crippen molar-refractivity contribution in [3.8, 4) is 0 Å². The molecule has 1 unspecified atom stereocenters. The summed E-state index contributed by atoms with van der Waals surface area (Å²) in [6, 6.07) is 17.7. The third-order valence-corrected chi connectivity index (χ3v) is 4.72. The molecule has 0 aromatic heterocycles. The van der Waals surface area contributed by atoms with Crippen LogP contribution in [-0.2, 0) is 25.6 Å². The predicted molar refractivity (Wildman–Crippen MR) is 124 cm³/mol. The highest BCUT2D eigenvalue weighted by atomic mass is 16.4. The number of carboxylic acids is 4. The van der Waals surface area contributed by atoms with Gasteiger partial charge in [0, 0.05) is 11.1 Å². The Bertz CT molecular complexity index is 1010. The van der Waals surface area contributed by atoms with Crippen LogP contribution in [0, 0.1) is 6.92 Å². The van der Waals surface area contributed by atoms with Crippen molar-refractivity contribution >= 4 is 29.6 Å². The fourth-order valence-corrected chi connectivity index (χ4v) is 3.11. The van der Waals surface area contributed by atoms with Crippen LogP contribution in [0.5, 0.6) is 0 Å². The van der Waals surface area contributed by atoms with Crippen LogP contribution >= 0.6 is 0 Å². The zero-order chi connectivity index (χ0) is 25.8. The lowest BCUT2D eigenvalue weighted by Crippen LogP contribution is -2.26. The van der Waals surface area contributed by atoms with Crippen LogP contribution in [0.15, 0.2) is 53.5 Å². The second-order valence-corrected chi connectivity index (χ2v) is 7.62. The summed E-state index contributed by atoms with van der Waals surface area (Å²) < 4.78 is 0. The Balaban J connectivity index is 0.000000401. The minimum atomic E-state index is -1.82. The largest absolute Gasteiger partial charge is 0.473 e. The number of aliphatic carboxylic acids is 4. The molecule has 2 aromatic carbocycles. The highest BCUT2D eigenvalue weighted by Gasteiger charge is 2.22. The van der Waals surface area contributed by atoms with Gasteiger partial charge in [-0.3, -0.25) is 4.99 Å². The van der Waals surface area contributed by atoms with Crippen LogP contribution in [0.2, 0.25) is 0 Å².